The summed E-state index contributed by atoms with van der Waals surface area (Å²) in [5, 5.41) is 12.9. The van der Waals surface area contributed by atoms with Crippen molar-refractivity contribution in [2.24, 2.45) is 0 Å². The van der Waals surface area contributed by atoms with E-state index in [1.807, 2.05) is 0 Å². The van der Waals surface area contributed by atoms with Gasteiger partial charge in [0.05, 0.1) is 33.1 Å². The highest BCUT2D eigenvalue weighted by atomic mass is 28.3. The van der Waals surface area contributed by atoms with E-state index in [1.165, 1.54) is 97.3 Å². The molecular weight excluding hydrogens is 863 g/mol. The third-order valence-corrected chi connectivity index (χ3v) is 19.6. The second-order valence-electron chi connectivity index (χ2n) is 18.4. The summed E-state index contributed by atoms with van der Waals surface area (Å²) in [6, 6.07) is 101. The van der Waals surface area contributed by atoms with Crippen molar-refractivity contribution in [2.75, 3.05) is 0 Å². The fraction of sp³-hybridized carbons (Fsp3) is 0. The van der Waals surface area contributed by atoms with Gasteiger partial charge in [-0.1, -0.05) is 206 Å². The normalized spacial score (nSPS) is 12.0. The number of aromatic nitrogens is 3. The first-order valence-corrected chi connectivity index (χ1v) is 26.2. The Morgan fingerprint density at radius 3 is 1.17 bits per heavy atom. The van der Waals surface area contributed by atoms with Crippen LogP contribution in [0.1, 0.15) is 0 Å². The molecule has 0 spiro atoms. The van der Waals surface area contributed by atoms with E-state index in [0.717, 1.165) is 17.1 Å². The SMILES string of the molecule is c1ccc(-c2ccc(-n3c4ccccc4c4ccc(-n5c6ccc(-n7c8ccccc8c8ccccc87)cc6c6c([Si](c7ccccc7)(c7ccccc7)c7ccccc7)cccc65)cc43)cc2)cc1. The molecule has 70 heavy (non-hydrogen) atoms. The van der Waals surface area contributed by atoms with E-state index in [9.17, 15) is 0 Å². The van der Waals surface area contributed by atoms with Crippen molar-refractivity contribution in [3.63, 3.8) is 0 Å². The Labute approximate surface area is 407 Å². The molecule has 0 amide bonds. The van der Waals surface area contributed by atoms with E-state index in [-0.39, 0.29) is 0 Å². The average Bonchev–Trinajstić information content (AvgIpc) is 4.08. The minimum atomic E-state index is -3.01. The highest BCUT2D eigenvalue weighted by Crippen LogP contribution is 2.40. The summed E-state index contributed by atoms with van der Waals surface area (Å²) in [6.07, 6.45) is 0. The molecule has 0 atom stereocenters. The van der Waals surface area contributed by atoms with Crippen molar-refractivity contribution in [2.45, 2.75) is 0 Å². The molecule has 0 bridgehead atoms. The summed E-state index contributed by atoms with van der Waals surface area (Å²) < 4.78 is 7.43. The molecule has 0 aliphatic carbocycles. The largest absolute Gasteiger partial charge is 0.309 e. The highest BCUT2D eigenvalue weighted by molar-refractivity contribution is 7.20. The maximum absolute atomic E-state index is 3.01. The van der Waals surface area contributed by atoms with Gasteiger partial charge in [0.25, 0.3) is 0 Å². The summed E-state index contributed by atoms with van der Waals surface area (Å²) in [5.41, 5.74) is 12.9. The van der Waals surface area contributed by atoms with Gasteiger partial charge in [0.2, 0.25) is 0 Å². The third kappa shape index (κ3) is 6.00. The standard InChI is InChI=1S/C66H45N3Si/c1-5-20-46(21-6-1)47-36-38-48(39-37-47)67-59-31-16-15-30-56(59)57-42-40-50(45-64(57)67)69-62-43-41-49(68-60-32-17-13-28-54(60)55-29-14-18-33-61(55)68)44-58(62)66-63(69)34-19-35-65(66)70(51-22-7-2-8-23-51,52-24-9-3-10-25-52)53-26-11-4-12-27-53/h1-45H. The lowest BCUT2D eigenvalue weighted by Crippen LogP contribution is -2.74. The van der Waals surface area contributed by atoms with Gasteiger partial charge in [0.15, 0.2) is 8.07 Å². The van der Waals surface area contributed by atoms with Gasteiger partial charge in [0, 0.05) is 49.4 Å². The molecule has 11 aromatic carbocycles. The highest BCUT2D eigenvalue weighted by Gasteiger charge is 2.43. The molecule has 0 aliphatic heterocycles. The zero-order chi connectivity index (χ0) is 46.2. The number of fused-ring (bicyclic) bond motifs is 9. The Morgan fingerprint density at radius 2 is 0.614 bits per heavy atom. The first-order chi connectivity index (χ1) is 34.8. The number of rotatable bonds is 8. The molecule has 0 N–H and O–H groups in total. The van der Waals surface area contributed by atoms with Gasteiger partial charge in [-0.25, -0.2) is 0 Å². The van der Waals surface area contributed by atoms with Gasteiger partial charge >= 0.3 is 0 Å². The van der Waals surface area contributed by atoms with Crippen molar-refractivity contribution < 1.29 is 0 Å². The van der Waals surface area contributed by atoms with Crippen LogP contribution in [0.4, 0.5) is 0 Å². The molecule has 3 heterocycles. The molecule has 328 valence electrons. The van der Waals surface area contributed by atoms with Crippen LogP contribution < -0.4 is 20.7 Å². The van der Waals surface area contributed by atoms with E-state index >= 15 is 0 Å². The number of nitrogens with zero attached hydrogens (tertiary/aromatic N) is 3. The quantitative estimate of drug-likeness (QED) is 0.107. The maximum atomic E-state index is 2.53. The monoisotopic (exact) mass is 907 g/mol. The van der Waals surface area contributed by atoms with E-state index in [0.29, 0.717) is 0 Å². The molecule has 0 saturated carbocycles. The van der Waals surface area contributed by atoms with Gasteiger partial charge < -0.3 is 13.7 Å². The van der Waals surface area contributed by atoms with E-state index < -0.39 is 8.07 Å². The molecule has 0 fully saturated rings. The lowest BCUT2D eigenvalue weighted by Gasteiger charge is -2.35. The Kier molecular flexibility index (Phi) is 9.23. The minimum Gasteiger partial charge on any atom is -0.309 e. The summed E-state index contributed by atoms with van der Waals surface area (Å²) in [5.74, 6) is 0. The fourth-order valence-electron chi connectivity index (χ4n) is 11.8. The van der Waals surface area contributed by atoms with Crippen molar-refractivity contribution in [1.29, 1.82) is 0 Å². The van der Waals surface area contributed by atoms with Crippen molar-refractivity contribution >= 4 is 94.2 Å². The third-order valence-electron chi connectivity index (χ3n) is 14.8. The number of hydrogen-bond acceptors (Lipinski definition) is 0. The molecule has 14 aromatic rings. The summed E-state index contributed by atoms with van der Waals surface area (Å²) in [4.78, 5) is 0. The molecule has 0 unspecified atom stereocenters. The number of hydrogen-bond donors (Lipinski definition) is 0. The fourth-order valence-corrected chi connectivity index (χ4v) is 16.8. The first-order valence-electron chi connectivity index (χ1n) is 24.2. The van der Waals surface area contributed by atoms with Gasteiger partial charge in [-0.05, 0) is 98.6 Å². The van der Waals surface area contributed by atoms with Crippen LogP contribution in [0.15, 0.2) is 273 Å². The van der Waals surface area contributed by atoms with Crippen LogP contribution in [0.3, 0.4) is 0 Å². The molecule has 14 rings (SSSR count). The zero-order valence-corrected chi connectivity index (χ0v) is 39.3. The van der Waals surface area contributed by atoms with Crippen LogP contribution in [0.5, 0.6) is 0 Å². The lowest BCUT2D eigenvalue weighted by atomic mass is 10.1. The maximum Gasteiger partial charge on any atom is 0.180 e. The molecule has 4 heteroatoms. The molecule has 0 saturated heterocycles. The predicted octanol–water partition coefficient (Wildman–Crippen LogP) is 14.0. The Morgan fingerprint density at radius 1 is 0.229 bits per heavy atom. The van der Waals surface area contributed by atoms with Crippen LogP contribution in [0.2, 0.25) is 0 Å². The van der Waals surface area contributed by atoms with Crippen LogP contribution in [0, 0.1) is 0 Å². The van der Waals surface area contributed by atoms with Crippen LogP contribution >= 0.6 is 0 Å². The molecule has 3 nitrogen and oxygen atoms in total. The molecule has 0 aliphatic rings. The van der Waals surface area contributed by atoms with Gasteiger partial charge in [-0.2, -0.15) is 0 Å². The van der Waals surface area contributed by atoms with E-state index in [1.54, 1.807) is 0 Å². The number of para-hydroxylation sites is 3. The van der Waals surface area contributed by atoms with Gasteiger partial charge in [-0.15, -0.1) is 0 Å². The van der Waals surface area contributed by atoms with Crippen LogP contribution in [-0.2, 0) is 0 Å². The molecule has 3 aromatic heterocycles. The van der Waals surface area contributed by atoms with E-state index in [4.69, 9.17) is 0 Å². The van der Waals surface area contributed by atoms with Crippen LogP contribution in [-0.4, -0.2) is 21.8 Å². The lowest BCUT2D eigenvalue weighted by molar-refractivity contribution is 1.15. The van der Waals surface area contributed by atoms with E-state index in [2.05, 4.69) is 287 Å². The van der Waals surface area contributed by atoms with Gasteiger partial charge in [-0.3, -0.25) is 0 Å². The summed E-state index contributed by atoms with van der Waals surface area (Å²) in [6.45, 7) is 0. The summed E-state index contributed by atoms with van der Waals surface area (Å²) in [7, 11) is -3.01. The number of benzene rings is 11. The predicted molar refractivity (Wildman–Crippen MR) is 299 cm³/mol. The van der Waals surface area contributed by atoms with Crippen molar-refractivity contribution in [3.8, 4) is 28.2 Å². The van der Waals surface area contributed by atoms with Gasteiger partial charge in [0.1, 0.15) is 0 Å². The second-order valence-corrected chi connectivity index (χ2v) is 22.2. The average molecular weight is 908 g/mol. The smallest absolute Gasteiger partial charge is 0.180 e. The van der Waals surface area contributed by atoms with Crippen LogP contribution in [0.25, 0.3) is 93.6 Å². The van der Waals surface area contributed by atoms with Crippen molar-refractivity contribution in [3.05, 3.63) is 273 Å². The second kappa shape index (κ2) is 16.1. The molecular formula is C66H45N3Si. The topological polar surface area (TPSA) is 14.8 Å². The molecule has 0 radical (unpaired) electrons. The Bertz CT molecular complexity index is 4110. The van der Waals surface area contributed by atoms with Crippen molar-refractivity contribution in [1.82, 2.24) is 13.7 Å². The Balaban J connectivity index is 1.09. The Hall–Kier alpha value is -8.96. The minimum absolute atomic E-state index is 1.12. The zero-order valence-electron chi connectivity index (χ0n) is 38.3. The summed E-state index contributed by atoms with van der Waals surface area (Å²) >= 11 is 0. The first kappa shape index (κ1) is 40.1.